The molecular formula is C42H81O10P. The van der Waals surface area contributed by atoms with E-state index in [4.69, 9.17) is 19.1 Å². The summed E-state index contributed by atoms with van der Waals surface area (Å²) in [6.07, 6.45) is 36.0. The lowest BCUT2D eigenvalue weighted by atomic mass is 10.0. The van der Waals surface area contributed by atoms with Gasteiger partial charge < -0.3 is 24.6 Å². The molecule has 3 atom stereocenters. The Bertz CT molecular complexity index is 899. The van der Waals surface area contributed by atoms with E-state index in [1.165, 1.54) is 122 Å². The van der Waals surface area contributed by atoms with Crippen LogP contribution in [0.15, 0.2) is 12.2 Å². The SMILES string of the molecule is CCCCCCC=CCCCCCCCCCC(=O)OC[C@H](COP(=O)(O)OC[C@@H](O)CO)OC(=O)CCCCCCCCCCCCCCCCC. The van der Waals surface area contributed by atoms with Crippen LogP contribution in [0.25, 0.3) is 0 Å². The molecule has 0 radical (unpaired) electrons. The van der Waals surface area contributed by atoms with Crippen LogP contribution in [0.4, 0.5) is 0 Å². The third-order valence-electron chi connectivity index (χ3n) is 9.42. The van der Waals surface area contributed by atoms with E-state index in [1.54, 1.807) is 0 Å². The van der Waals surface area contributed by atoms with Crippen LogP contribution in [0, 0.1) is 0 Å². The number of unbranched alkanes of at least 4 members (excludes halogenated alkanes) is 25. The van der Waals surface area contributed by atoms with Gasteiger partial charge in [0.05, 0.1) is 19.8 Å². The van der Waals surface area contributed by atoms with Crippen LogP contribution < -0.4 is 0 Å². The van der Waals surface area contributed by atoms with Gasteiger partial charge >= 0.3 is 19.8 Å². The summed E-state index contributed by atoms with van der Waals surface area (Å²) in [6, 6.07) is 0. The highest BCUT2D eigenvalue weighted by molar-refractivity contribution is 7.47. The summed E-state index contributed by atoms with van der Waals surface area (Å²) >= 11 is 0. The number of aliphatic hydroxyl groups excluding tert-OH is 2. The van der Waals surface area contributed by atoms with Gasteiger partial charge in [0.15, 0.2) is 6.10 Å². The normalized spacial score (nSPS) is 14.0. The smallest absolute Gasteiger partial charge is 0.462 e. The van der Waals surface area contributed by atoms with Crippen LogP contribution in [-0.4, -0.2) is 65.7 Å². The molecule has 0 amide bonds. The Labute approximate surface area is 324 Å². The fourth-order valence-electron chi connectivity index (χ4n) is 6.05. The molecule has 11 heteroatoms. The molecule has 314 valence electrons. The zero-order valence-electron chi connectivity index (χ0n) is 34.0. The number of ether oxygens (including phenoxy) is 2. The fourth-order valence-corrected chi connectivity index (χ4v) is 6.84. The first-order valence-electron chi connectivity index (χ1n) is 21.6. The fraction of sp³-hybridized carbons (Fsp3) is 0.905. The summed E-state index contributed by atoms with van der Waals surface area (Å²) in [5.74, 6) is -0.920. The molecule has 10 nitrogen and oxygen atoms in total. The number of esters is 2. The van der Waals surface area contributed by atoms with E-state index in [-0.39, 0.29) is 19.4 Å². The van der Waals surface area contributed by atoms with Crippen LogP contribution in [0.3, 0.4) is 0 Å². The summed E-state index contributed by atoms with van der Waals surface area (Å²) < 4.78 is 32.7. The van der Waals surface area contributed by atoms with Crippen molar-refractivity contribution in [2.45, 2.75) is 219 Å². The predicted molar refractivity (Wildman–Crippen MR) is 215 cm³/mol. The Morgan fingerprint density at radius 2 is 0.925 bits per heavy atom. The van der Waals surface area contributed by atoms with Crippen molar-refractivity contribution in [1.82, 2.24) is 0 Å². The van der Waals surface area contributed by atoms with E-state index < -0.39 is 51.8 Å². The Morgan fingerprint density at radius 3 is 1.38 bits per heavy atom. The zero-order chi connectivity index (χ0) is 39.1. The molecule has 1 unspecified atom stereocenters. The second kappa shape index (κ2) is 39.0. The maximum absolute atomic E-state index is 12.6. The van der Waals surface area contributed by atoms with Crippen LogP contribution in [0.2, 0.25) is 0 Å². The van der Waals surface area contributed by atoms with Crippen molar-refractivity contribution < 1.29 is 47.8 Å². The van der Waals surface area contributed by atoms with Crippen LogP contribution >= 0.6 is 7.82 Å². The Balaban J connectivity index is 4.27. The maximum atomic E-state index is 12.6. The lowest BCUT2D eigenvalue weighted by molar-refractivity contribution is -0.161. The highest BCUT2D eigenvalue weighted by Gasteiger charge is 2.27. The first-order valence-corrected chi connectivity index (χ1v) is 23.1. The number of allylic oxidation sites excluding steroid dienone is 2. The van der Waals surface area contributed by atoms with Crippen LogP contribution in [-0.2, 0) is 32.7 Å². The van der Waals surface area contributed by atoms with Gasteiger partial charge in [-0.1, -0.05) is 167 Å². The van der Waals surface area contributed by atoms with Gasteiger partial charge in [0, 0.05) is 12.8 Å². The van der Waals surface area contributed by atoms with Crippen molar-refractivity contribution in [1.29, 1.82) is 0 Å². The van der Waals surface area contributed by atoms with E-state index in [0.717, 1.165) is 44.9 Å². The zero-order valence-corrected chi connectivity index (χ0v) is 34.9. The minimum absolute atomic E-state index is 0.189. The molecule has 53 heavy (non-hydrogen) atoms. The van der Waals surface area contributed by atoms with Crippen molar-refractivity contribution in [3.05, 3.63) is 12.2 Å². The Kier molecular flexibility index (Phi) is 38.0. The Hall–Kier alpha value is -1.29. The van der Waals surface area contributed by atoms with Gasteiger partial charge in [-0.05, 0) is 38.5 Å². The molecular weight excluding hydrogens is 695 g/mol. The molecule has 0 spiro atoms. The molecule has 0 saturated carbocycles. The van der Waals surface area contributed by atoms with Crippen molar-refractivity contribution in [3.8, 4) is 0 Å². The second-order valence-corrected chi connectivity index (χ2v) is 16.2. The highest BCUT2D eigenvalue weighted by atomic mass is 31.2. The highest BCUT2D eigenvalue weighted by Crippen LogP contribution is 2.43. The predicted octanol–water partition coefficient (Wildman–Crippen LogP) is 11.2. The summed E-state index contributed by atoms with van der Waals surface area (Å²) in [7, 11) is -4.61. The number of aliphatic hydroxyl groups is 2. The number of hydrogen-bond donors (Lipinski definition) is 3. The van der Waals surface area contributed by atoms with Gasteiger partial charge in [-0.25, -0.2) is 4.57 Å². The lowest BCUT2D eigenvalue weighted by Gasteiger charge is -2.20. The van der Waals surface area contributed by atoms with Gasteiger partial charge in [0.25, 0.3) is 0 Å². The second-order valence-electron chi connectivity index (χ2n) is 14.7. The molecule has 0 aliphatic heterocycles. The average molecular weight is 777 g/mol. The number of hydrogen-bond acceptors (Lipinski definition) is 9. The molecule has 3 N–H and O–H groups in total. The molecule has 0 heterocycles. The summed E-state index contributed by atoms with van der Waals surface area (Å²) in [5, 5.41) is 18.3. The van der Waals surface area contributed by atoms with Crippen LogP contribution in [0.5, 0.6) is 0 Å². The van der Waals surface area contributed by atoms with Crippen molar-refractivity contribution in [2.75, 3.05) is 26.4 Å². The van der Waals surface area contributed by atoms with Crippen molar-refractivity contribution in [3.63, 3.8) is 0 Å². The molecule has 0 saturated heterocycles. The topological polar surface area (TPSA) is 149 Å². The number of phosphoric ester groups is 1. The molecule has 0 fully saturated rings. The first-order chi connectivity index (χ1) is 25.7. The average Bonchev–Trinajstić information content (AvgIpc) is 3.14. The third-order valence-corrected chi connectivity index (χ3v) is 10.4. The van der Waals surface area contributed by atoms with Gasteiger partial charge in [0.1, 0.15) is 12.7 Å². The standard InChI is InChI=1S/C42H81O10P/c1-3-5-7-9-11-13-15-17-19-21-23-25-27-29-31-33-41(45)49-37-40(38-51-53(47,48)50-36-39(44)35-43)52-42(46)34-32-30-28-26-24-22-20-18-16-14-12-10-8-6-4-2/h13,15,39-40,43-44H,3-12,14,16-38H2,1-2H3,(H,47,48)/t39-,40+/m0/s1. The number of carbonyl (C=O) groups excluding carboxylic acids is 2. The van der Waals surface area contributed by atoms with Gasteiger partial charge in [0.2, 0.25) is 0 Å². The maximum Gasteiger partial charge on any atom is 0.472 e. The monoisotopic (exact) mass is 777 g/mol. The van der Waals surface area contributed by atoms with E-state index in [0.29, 0.717) is 12.8 Å². The quantitative estimate of drug-likeness (QED) is 0.0237. The molecule has 0 bridgehead atoms. The minimum Gasteiger partial charge on any atom is -0.462 e. The van der Waals surface area contributed by atoms with Crippen molar-refractivity contribution in [2.24, 2.45) is 0 Å². The summed E-state index contributed by atoms with van der Waals surface area (Å²) in [4.78, 5) is 35.0. The largest absolute Gasteiger partial charge is 0.472 e. The van der Waals surface area contributed by atoms with Gasteiger partial charge in [-0.2, -0.15) is 0 Å². The number of rotatable bonds is 41. The van der Waals surface area contributed by atoms with Gasteiger partial charge in [-0.15, -0.1) is 0 Å². The molecule has 0 aliphatic rings. The van der Waals surface area contributed by atoms with Crippen LogP contribution in [0.1, 0.15) is 206 Å². The molecule has 0 aliphatic carbocycles. The van der Waals surface area contributed by atoms with E-state index in [1.807, 2.05) is 0 Å². The third kappa shape index (κ3) is 38.8. The Morgan fingerprint density at radius 1 is 0.547 bits per heavy atom. The molecule has 0 aromatic rings. The van der Waals surface area contributed by atoms with E-state index in [9.17, 15) is 24.2 Å². The minimum atomic E-state index is -4.61. The lowest BCUT2D eigenvalue weighted by Crippen LogP contribution is -2.29. The number of carbonyl (C=O) groups is 2. The summed E-state index contributed by atoms with van der Waals surface area (Å²) in [6.45, 7) is 2.39. The van der Waals surface area contributed by atoms with Crippen molar-refractivity contribution >= 4 is 19.8 Å². The molecule has 0 aromatic carbocycles. The molecule has 0 aromatic heterocycles. The molecule has 0 rings (SSSR count). The first kappa shape index (κ1) is 51.7. The van der Waals surface area contributed by atoms with E-state index >= 15 is 0 Å². The van der Waals surface area contributed by atoms with E-state index in [2.05, 4.69) is 30.5 Å². The number of phosphoric acid groups is 1. The summed E-state index contributed by atoms with van der Waals surface area (Å²) in [5.41, 5.74) is 0. The van der Waals surface area contributed by atoms with Gasteiger partial charge in [-0.3, -0.25) is 18.6 Å².